The zero-order valence-electron chi connectivity index (χ0n) is 12.1. The van der Waals surface area contributed by atoms with Gasteiger partial charge in [0.25, 0.3) is 0 Å². The first kappa shape index (κ1) is 15.0. The van der Waals surface area contributed by atoms with Gasteiger partial charge < -0.3 is 9.67 Å². The molecule has 0 aromatic carbocycles. The number of hydrogen-bond donors (Lipinski definition) is 1. The number of thiophene rings is 1. The van der Waals surface area contributed by atoms with Gasteiger partial charge in [-0.25, -0.2) is 4.98 Å². The van der Waals surface area contributed by atoms with Gasteiger partial charge in [0.15, 0.2) is 0 Å². The Bertz CT molecular complexity index is 597. The zero-order chi connectivity index (χ0) is 14.8. The van der Waals surface area contributed by atoms with Gasteiger partial charge >= 0.3 is 0 Å². The third-order valence-corrected chi connectivity index (χ3v) is 5.38. The van der Waals surface area contributed by atoms with E-state index in [9.17, 15) is 5.11 Å². The highest BCUT2D eigenvalue weighted by molar-refractivity contribution is 7.10. The molecule has 21 heavy (non-hydrogen) atoms. The lowest BCUT2D eigenvalue weighted by Gasteiger charge is -2.34. The SMILES string of the molecule is Cn1ccnc1[C@@H](O)[C@H]1CCCN(Cc2cc(Cl)cs2)C1. The average molecular weight is 326 g/mol. The molecule has 0 aliphatic carbocycles. The Morgan fingerprint density at radius 2 is 2.43 bits per heavy atom. The molecule has 3 rings (SSSR count). The maximum atomic E-state index is 10.6. The van der Waals surface area contributed by atoms with E-state index in [-0.39, 0.29) is 5.92 Å². The summed E-state index contributed by atoms with van der Waals surface area (Å²) in [6.07, 6.45) is 5.31. The molecule has 0 spiro atoms. The van der Waals surface area contributed by atoms with Gasteiger partial charge in [-0.1, -0.05) is 11.6 Å². The second-order valence-electron chi connectivity index (χ2n) is 5.71. The quantitative estimate of drug-likeness (QED) is 0.939. The van der Waals surface area contributed by atoms with Crippen LogP contribution in [0.15, 0.2) is 23.8 Å². The van der Waals surface area contributed by atoms with Gasteiger partial charge in [0.2, 0.25) is 0 Å². The molecular weight excluding hydrogens is 306 g/mol. The third kappa shape index (κ3) is 3.48. The van der Waals surface area contributed by atoms with Crippen LogP contribution in [0.4, 0.5) is 0 Å². The molecule has 1 N–H and O–H groups in total. The standard InChI is InChI=1S/C15H20ClN3OS/c1-18-6-4-17-15(18)14(20)11-3-2-5-19(8-11)9-13-7-12(16)10-21-13/h4,6-7,10-11,14,20H,2-3,5,8-9H2,1H3/t11-,14-/m0/s1. The Kier molecular flexibility index (Phi) is 4.64. The molecule has 3 heterocycles. The van der Waals surface area contributed by atoms with Crippen LogP contribution in [0.5, 0.6) is 0 Å². The number of aryl methyl sites for hydroxylation is 1. The molecule has 0 unspecified atom stereocenters. The molecule has 2 atom stereocenters. The lowest BCUT2D eigenvalue weighted by Crippen LogP contribution is -2.37. The van der Waals surface area contributed by atoms with E-state index in [0.717, 1.165) is 43.3 Å². The van der Waals surface area contributed by atoms with E-state index < -0.39 is 6.10 Å². The number of hydrogen-bond acceptors (Lipinski definition) is 4. The van der Waals surface area contributed by atoms with Gasteiger partial charge in [-0.3, -0.25) is 4.90 Å². The predicted octanol–water partition coefficient (Wildman–Crippen LogP) is 3.08. The van der Waals surface area contributed by atoms with Crippen molar-refractivity contribution in [2.75, 3.05) is 13.1 Å². The summed E-state index contributed by atoms with van der Waals surface area (Å²) in [5.41, 5.74) is 0. The van der Waals surface area contributed by atoms with Crippen LogP contribution in [0.3, 0.4) is 0 Å². The molecule has 1 fully saturated rings. The molecule has 1 aliphatic rings. The van der Waals surface area contributed by atoms with Crippen LogP contribution in [0, 0.1) is 5.92 Å². The number of nitrogens with zero attached hydrogens (tertiary/aromatic N) is 3. The Labute approximate surface area is 134 Å². The third-order valence-electron chi connectivity index (χ3n) is 4.11. The highest BCUT2D eigenvalue weighted by Gasteiger charge is 2.29. The van der Waals surface area contributed by atoms with E-state index >= 15 is 0 Å². The van der Waals surface area contributed by atoms with E-state index in [2.05, 4.69) is 9.88 Å². The summed E-state index contributed by atoms with van der Waals surface area (Å²) in [5.74, 6) is 1.01. The minimum absolute atomic E-state index is 0.246. The molecule has 0 bridgehead atoms. The second kappa shape index (κ2) is 6.48. The number of imidazole rings is 1. The summed E-state index contributed by atoms with van der Waals surface area (Å²) in [6.45, 7) is 2.91. The van der Waals surface area contributed by atoms with Gasteiger partial charge in [0.05, 0.1) is 5.02 Å². The summed E-state index contributed by atoms with van der Waals surface area (Å²) >= 11 is 7.68. The van der Waals surface area contributed by atoms with Crippen molar-refractivity contribution in [2.45, 2.75) is 25.5 Å². The summed E-state index contributed by atoms with van der Waals surface area (Å²) in [6, 6.07) is 2.03. The van der Waals surface area contributed by atoms with E-state index in [1.807, 2.05) is 29.3 Å². The maximum Gasteiger partial charge on any atom is 0.137 e. The minimum Gasteiger partial charge on any atom is -0.385 e. The van der Waals surface area contributed by atoms with Crippen LogP contribution < -0.4 is 0 Å². The van der Waals surface area contributed by atoms with Gasteiger partial charge in [-0.15, -0.1) is 11.3 Å². The number of aromatic nitrogens is 2. The van der Waals surface area contributed by atoms with E-state index in [4.69, 9.17) is 11.6 Å². The lowest BCUT2D eigenvalue weighted by molar-refractivity contribution is 0.0408. The summed E-state index contributed by atoms with van der Waals surface area (Å²) in [4.78, 5) is 7.97. The molecule has 1 saturated heterocycles. The van der Waals surface area contributed by atoms with Crippen LogP contribution in [0.2, 0.25) is 5.02 Å². The fraction of sp³-hybridized carbons (Fsp3) is 0.533. The number of aliphatic hydroxyl groups excluding tert-OH is 1. The molecule has 6 heteroatoms. The van der Waals surface area contributed by atoms with Gasteiger partial charge in [0, 0.05) is 48.7 Å². The summed E-state index contributed by atoms with van der Waals surface area (Å²) in [5, 5.41) is 13.4. The van der Waals surface area contributed by atoms with Crippen molar-refractivity contribution in [1.82, 2.24) is 14.5 Å². The Hall–Kier alpha value is -0.880. The van der Waals surface area contributed by atoms with E-state index in [0.29, 0.717) is 0 Å². The number of aliphatic hydroxyl groups is 1. The van der Waals surface area contributed by atoms with Crippen molar-refractivity contribution in [3.63, 3.8) is 0 Å². The van der Waals surface area contributed by atoms with E-state index in [1.54, 1.807) is 17.5 Å². The highest BCUT2D eigenvalue weighted by Crippen LogP contribution is 2.30. The molecule has 1 aliphatic heterocycles. The summed E-state index contributed by atoms with van der Waals surface area (Å²) in [7, 11) is 1.93. The van der Waals surface area contributed by atoms with Gasteiger partial charge in [-0.05, 0) is 25.5 Å². The van der Waals surface area contributed by atoms with Crippen molar-refractivity contribution in [2.24, 2.45) is 13.0 Å². The molecule has 2 aromatic heterocycles. The topological polar surface area (TPSA) is 41.3 Å². The van der Waals surface area contributed by atoms with Crippen LogP contribution in [0.1, 0.15) is 29.6 Å². The fourth-order valence-electron chi connectivity index (χ4n) is 3.02. The molecule has 114 valence electrons. The average Bonchev–Trinajstić information content (AvgIpc) is 3.07. The van der Waals surface area contributed by atoms with Crippen LogP contribution >= 0.6 is 22.9 Å². The monoisotopic (exact) mass is 325 g/mol. The minimum atomic E-state index is -0.486. The number of piperidine rings is 1. The first-order chi connectivity index (χ1) is 10.1. The highest BCUT2D eigenvalue weighted by atomic mass is 35.5. The summed E-state index contributed by atoms with van der Waals surface area (Å²) < 4.78 is 1.91. The van der Waals surface area contributed by atoms with Gasteiger partial charge in [-0.2, -0.15) is 0 Å². The molecular formula is C15H20ClN3OS. The van der Waals surface area contributed by atoms with Gasteiger partial charge in [0.1, 0.15) is 11.9 Å². The molecule has 0 amide bonds. The Morgan fingerprint density at radius 1 is 1.57 bits per heavy atom. The Balaban J connectivity index is 1.64. The molecule has 2 aromatic rings. The van der Waals surface area contributed by atoms with Crippen LogP contribution in [-0.2, 0) is 13.6 Å². The van der Waals surface area contributed by atoms with Crippen LogP contribution in [-0.4, -0.2) is 32.6 Å². The number of halogens is 1. The largest absolute Gasteiger partial charge is 0.385 e. The molecule has 4 nitrogen and oxygen atoms in total. The first-order valence-corrected chi connectivity index (χ1v) is 8.50. The smallest absolute Gasteiger partial charge is 0.137 e. The van der Waals surface area contributed by atoms with Crippen molar-refractivity contribution < 1.29 is 5.11 Å². The van der Waals surface area contributed by atoms with Crippen molar-refractivity contribution in [1.29, 1.82) is 0 Å². The van der Waals surface area contributed by atoms with Crippen LogP contribution in [0.25, 0.3) is 0 Å². The molecule has 0 radical (unpaired) electrons. The number of rotatable bonds is 4. The van der Waals surface area contributed by atoms with Crippen molar-refractivity contribution in [3.05, 3.63) is 39.6 Å². The Morgan fingerprint density at radius 3 is 3.10 bits per heavy atom. The lowest BCUT2D eigenvalue weighted by atomic mass is 9.92. The predicted molar refractivity (Wildman–Crippen MR) is 85.5 cm³/mol. The fourth-order valence-corrected chi connectivity index (χ4v) is 4.14. The zero-order valence-corrected chi connectivity index (χ0v) is 13.6. The second-order valence-corrected chi connectivity index (χ2v) is 7.14. The first-order valence-electron chi connectivity index (χ1n) is 7.24. The normalized spacial score (nSPS) is 21.6. The molecule has 0 saturated carbocycles. The maximum absolute atomic E-state index is 10.6. The van der Waals surface area contributed by atoms with Crippen molar-refractivity contribution in [3.8, 4) is 0 Å². The number of likely N-dealkylation sites (tertiary alicyclic amines) is 1. The van der Waals surface area contributed by atoms with E-state index in [1.165, 1.54) is 4.88 Å². The van der Waals surface area contributed by atoms with Crippen molar-refractivity contribution >= 4 is 22.9 Å².